The van der Waals surface area contributed by atoms with Gasteiger partial charge >= 0.3 is 0 Å². The minimum Gasteiger partial charge on any atom is -0.467 e. The summed E-state index contributed by atoms with van der Waals surface area (Å²) in [6.07, 6.45) is 0.707. The number of halogens is 1. The molecule has 0 amide bonds. The molecule has 1 unspecified atom stereocenters. The first-order valence-corrected chi connectivity index (χ1v) is 6.30. The molecule has 0 spiro atoms. The Morgan fingerprint density at radius 3 is 2.90 bits per heavy atom. The largest absolute Gasteiger partial charge is 0.467 e. The van der Waals surface area contributed by atoms with Crippen LogP contribution in [0.5, 0.6) is 0 Å². The molecule has 20 heavy (non-hydrogen) atoms. The van der Waals surface area contributed by atoms with Gasteiger partial charge in [0.2, 0.25) is 0 Å². The fraction of sp³-hybridized carbons (Fsp3) is 0.231. The van der Waals surface area contributed by atoms with E-state index < -0.39 is 11.0 Å². The molecule has 7 heteroatoms. The predicted octanol–water partition coefficient (Wildman–Crippen LogP) is 2.66. The smallest absolute Gasteiger partial charge is 0.269 e. The SMILES string of the molecule is O=[N+]([O-])c1ccc(Cl)c(CNCC(O)c2ccco2)c1. The topological polar surface area (TPSA) is 88.5 Å². The van der Waals surface area contributed by atoms with Crippen molar-refractivity contribution < 1.29 is 14.4 Å². The summed E-state index contributed by atoms with van der Waals surface area (Å²) >= 11 is 5.97. The molecule has 0 saturated heterocycles. The lowest BCUT2D eigenvalue weighted by Crippen LogP contribution is -2.21. The summed E-state index contributed by atoms with van der Waals surface area (Å²) in [5.74, 6) is 0.461. The Hall–Kier alpha value is -1.89. The highest BCUT2D eigenvalue weighted by atomic mass is 35.5. The van der Waals surface area contributed by atoms with Crippen LogP contribution in [0.3, 0.4) is 0 Å². The highest BCUT2D eigenvalue weighted by Crippen LogP contribution is 2.22. The van der Waals surface area contributed by atoms with Crippen LogP contribution in [0.4, 0.5) is 5.69 Å². The second-order valence-corrected chi connectivity index (χ2v) is 4.60. The molecule has 2 N–H and O–H groups in total. The van der Waals surface area contributed by atoms with Crippen LogP contribution in [-0.4, -0.2) is 16.6 Å². The zero-order chi connectivity index (χ0) is 14.5. The Morgan fingerprint density at radius 2 is 2.25 bits per heavy atom. The molecule has 0 bridgehead atoms. The number of rotatable bonds is 6. The van der Waals surface area contributed by atoms with Crippen LogP contribution >= 0.6 is 11.6 Å². The van der Waals surface area contributed by atoms with E-state index in [-0.39, 0.29) is 12.2 Å². The Balaban J connectivity index is 1.94. The van der Waals surface area contributed by atoms with Crippen molar-refractivity contribution in [3.8, 4) is 0 Å². The molecular formula is C13H13ClN2O4. The number of aliphatic hydroxyl groups is 1. The predicted molar refractivity (Wildman–Crippen MR) is 73.5 cm³/mol. The lowest BCUT2D eigenvalue weighted by atomic mass is 10.2. The van der Waals surface area contributed by atoms with Crippen LogP contribution in [0.15, 0.2) is 41.0 Å². The Bertz CT molecular complexity index is 586. The van der Waals surface area contributed by atoms with Crippen LogP contribution in [0, 0.1) is 10.1 Å². The molecule has 0 aliphatic carbocycles. The van der Waals surface area contributed by atoms with Crippen LogP contribution in [0.2, 0.25) is 5.02 Å². The number of nitro groups is 1. The molecule has 1 aromatic heterocycles. The Kier molecular flexibility index (Phi) is 4.73. The van der Waals surface area contributed by atoms with E-state index in [4.69, 9.17) is 16.0 Å². The summed E-state index contributed by atoms with van der Waals surface area (Å²) in [5.41, 5.74) is 0.588. The summed E-state index contributed by atoms with van der Waals surface area (Å²) in [6.45, 7) is 0.574. The standard InChI is InChI=1S/C13H13ClN2O4/c14-11-4-3-10(16(18)19)6-9(11)7-15-8-12(17)13-2-1-5-20-13/h1-6,12,15,17H,7-8H2. The Morgan fingerprint density at radius 1 is 1.45 bits per heavy atom. The van der Waals surface area contributed by atoms with Crippen LogP contribution in [0.25, 0.3) is 0 Å². The van der Waals surface area contributed by atoms with Crippen molar-refractivity contribution in [2.24, 2.45) is 0 Å². The first-order valence-electron chi connectivity index (χ1n) is 5.93. The van der Waals surface area contributed by atoms with Crippen molar-refractivity contribution in [3.63, 3.8) is 0 Å². The number of nitro benzene ring substituents is 1. The van der Waals surface area contributed by atoms with Gasteiger partial charge in [-0.2, -0.15) is 0 Å². The maximum Gasteiger partial charge on any atom is 0.269 e. The number of hydrogen-bond donors (Lipinski definition) is 2. The summed E-state index contributed by atoms with van der Waals surface area (Å²) in [6, 6.07) is 7.61. The second-order valence-electron chi connectivity index (χ2n) is 4.19. The summed E-state index contributed by atoms with van der Waals surface area (Å²) in [5, 5.41) is 23.9. The molecule has 1 heterocycles. The number of benzene rings is 1. The van der Waals surface area contributed by atoms with Gasteiger partial charge in [-0.15, -0.1) is 0 Å². The van der Waals surface area contributed by atoms with Crippen LogP contribution < -0.4 is 5.32 Å². The van der Waals surface area contributed by atoms with Crippen molar-refractivity contribution in [1.82, 2.24) is 5.32 Å². The van der Waals surface area contributed by atoms with E-state index in [1.165, 1.54) is 24.5 Å². The van der Waals surface area contributed by atoms with Gasteiger partial charge in [-0.25, -0.2) is 0 Å². The summed E-state index contributed by atoms with van der Waals surface area (Å²) < 4.78 is 5.07. The summed E-state index contributed by atoms with van der Waals surface area (Å²) in [7, 11) is 0. The van der Waals surface area contributed by atoms with Crippen molar-refractivity contribution in [2.45, 2.75) is 12.6 Å². The number of hydrogen-bond acceptors (Lipinski definition) is 5. The number of nitrogens with one attached hydrogen (secondary N) is 1. The molecule has 106 valence electrons. The lowest BCUT2D eigenvalue weighted by Gasteiger charge is -2.10. The highest BCUT2D eigenvalue weighted by Gasteiger charge is 2.12. The fourth-order valence-electron chi connectivity index (χ4n) is 1.74. The van der Waals surface area contributed by atoms with E-state index in [1.54, 1.807) is 12.1 Å². The quantitative estimate of drug-likeness (QED) is 0.632. The monoisotopic (exact) mass is 296 g/mol. The minimum absolute atomic E-state index is 0.0159. The van der Waals surface area contributed by atoms with Crippen molar-refractivity contribution in [2.75, 3.05) is 6.54 Å². The molecule has 6 nitrogen and oxygen atoms in total. The molecular weight excluding hydrogens is 284 g/mol. The van der Waals surface area contributed by atoms with Crippen LogP contribution in [-0.2, 0) is 6.54 Å². The highest BCUT2D eigenvalue weighted by molar-refractivity contribution is 6.31. The van der Waals surface area contributed by atoms with Gasteiger partial charge in [0.05, 0.1) is 11.2 Å². The maximum absolute atomic E-state index is 10.7. The molecule has 0 fully saturated rings. The molecule has 2 aromatic rings. The van der Waals surface area contributed by atoms with E-state index in [0.29, 0.717) is 22.9 Å². The van der Waals surface area contributed by atoms with Gasteiger partial charge in [0.1, 0.15) is 11.9 Å². The fourth-order valence-corrected chi connectivity index (χ4v) is 1.92. The van der Waals surface area contributed by atoms with Crippen molar-refractivity contribution in [1.29, 1.82) is 0 Å². The number of nitrogens with zero attached hydrogens (tertiary/aromatic N) is 1. The maximum atomic E-state index is 10.7. The molecule has 0 aliphatic rings. The lowest BCUT2D eigenvalue weighted by molar-refractivity contribution is -0.384. The van der Waals surface area contributed by atoms with Gasteiger partial charge in [-0.1, -0.05) is 11.6 Å². The third kappa shape index (κ3) is 3.57. The van der Waals surface area contributed by atoms with Crippen molar-refractivity contribution in [3.05, 3.63) is 63.1 Å². The van der Waals surface area contributed by atoms with Gasteiger partial charge < -0.3 is 14.8 Å². The van der Waals surface area contributed by atoms with Gasteiger partial charge in [-0.05, 0) is 23.8 Å². The molecule has 1 aromatic carbocycles. The molecule has 2 rings (SSSR count). The number of aliphatic hydroxyl groups excluding tert-OH is 1. The molecule has 0 saturated carbocycles. The number of non-ortho nitro benzene ring substituents is 1. The van der Waals surface area contributed by atoms with Gasteiger partial charge in [0.15, 0.2) is 0 Å². The Labute approximate surface area is 120 Å². The van der Waals surface area contributed by atoms with E-state index in [2.05, 4.69) is 5.32 Å². The number of furan rings is 1. The molecule has 0 radical (unpaired) electrons. The molecule has 0 aliphatic heterocycles. The average molecular weight is 297 g/mol. The van der Waals surface area contributed by atoms with Gasteiger partial charge in [0, 0.05) is 30.2 Å². The molecule has 1 atom stereocenters. The van der Waals surface area contributed by atoms with E-state index in [1.807, 2.05) is 0 Å². The summed E-state index contributed by atoms with van der Waals surface area (Å²) in [4.78, 5) is 10.2. The second kappa shape index (κ2) is 6.51. The third-order valence-corrected chi connectivity index (χ3v) is 3.13. The van der Waals surface area contributed by atoms with Gasteiger partial charge in [0.25, 0.3) is 5.69 Å². The third-order valence-electron chi connectivity index (χ3n) is 2.76. The van der Waals surface area contributed by atoms with Crippen LogP contribution in [0.1, 0.15) is 17.4 Å². The van der Waals surface area contributed by atoms with E-state index in [9.17, 15) is 15.2 Å². The van der Waals surface area contributed by atoms with E-state index in [0.717, 1.165) is 0 Å². The average Bonchev–Trinajstić information content (AvgIpc) is 2.94. The first-order chi connectivity index (χ1) is 9.58. The minimum atomic E-state index is -0.775. The first kappa shape index (κ1) is 14.5. The zero-order valence-corrected chi connectivity index (χ0v) is 11.2. The van der Waals surface area contributed by atoms with E-state index >= 15 is 0 Å². The van der Waals surface area contributed by atoms with Crippen molar-refractivity contribution >= 4 is 17.3 Å². The zero-order valence-electron chi connectivity index (χ0n) is 10.5. The normalized spacial score (nSPS) is 12.3. The van der Waals surface area contributed by atoms with Gasteiger partial charge in [-0.3, -0.25) is 10.1 Å².